The van der Waals surface area contributed by atoms with Crippen LogP contribution in [0.3, 0.4) is 0 Å². The lowest BCUT2D eigenvalue weighted by atomic mass is 9.94. The third kappa shape index (κ3) is 3.05. The lowest BCUT2D eigenvalue weighted by Gasteiger charge is -2.18. The van der Waals surface area contributed by atoms with Crippen LogP contribution in [0.15, 0.2) is 0 Å². The van der Waals surface area contributed by atoms with E-state index in [0.29, 0.717) is 18.9 Å². The molecule has 15 heavy (non-hydrogen) atoms. The molecule has 0 aromatic heterocycles. The molecule has 1 aliphatic rings. The zero-order valence-electron chi connectivity index (χ0n) is 9.41. The van der Waals surface area contributed by atoms with Crippen molar-refractivity contribution in [3.8, 4) is 0 Å². The molecule has 3 heteroatoms. The van der Waals surface area contributed by atoms with Gasteiger partial charge >= 0.3 is 0 Å². The molecule has 0 bridgehead atoms. The van der Waals surface area contributed by atoms with Crippen LogP contribution in [0.2, 0.25) is 0 Å². The monoisotopic (exact) mass is 213 g/mol. The summed E-state index contributed by atoms with van der Waals surface area (Å²) in [5.74, 6) is 0.569. The highest BCUT2D eigenvalue weighted by Gasteiger charge is 2.39. The van der Waals surface area contributed by atoms with Crippen molar-refractivity contribution in [1.29, 1.82) is 0 Å². The molecule has 3 nitrogen and oxygen atoms in total. The second kappa shape index (κ2) is 5.29. The third-order valence-electron chi connectivity index (χ3n) is 2.63. The zero-order chi connectivity index (χ0) is 10.9. The molecule has 0 radical (unpaired) electrons. The maximum absolute atomic E-state index is 11.8. The van der Waals surface area contributed by atoms with E-state index in [4.69, 9.17) is 0 Å². The molecular weight excluding hydrogens is 190 g/mol. The molecule has 0 N–H and O–H groups in total. The summed E-state index contributed by atoms with van der Waals surface area (Å²) in [5.41, 5.74) is 0. The molecule has 0 aromatic carbocycles. The Balaban J connectivity index is 0.00000196. The molecule has 2 amide bonds. The van der Waals surface area contributed by atoms with Crippen LogP contribution in [-0.2, 0) is 9.59 Å². The van der Waals surface area contributed by atoms with Crippen LogP contribution >= 0.6 is 0 Å². The van der Waals surface area contributed by atoms with E-state index < -0.39 is 0 Å². The fourth-order valence-corrected chi connectivity index (χ4v) is 1.79. The highest BCUT2D eigenvalue weighted by molar-refractivity contribution is 6.03. The van der Waals surface area contributed by atoms with Crippen LogP contribution in [0.4, 0.5) is 0 Å². The zero-order valence-corrected chi connectivity index (χ0v) is 9.41. The minimum absolute atomic E-state index is 0. The summed E-state index contributed by atoms with van der Waals surface area (Å²) in [7, 11) is 0. The quantitative estimate of drug-likeness (QED) is 0.675. The number of nitrogens with zero attached hydrogens (tertiary/aromatic N) is 1. The summed E-state index contributed by atoms with van der Waals surface area (Å²) in [4.78, 5) is 24.8. The van der Waals surface area contributed by atoms with Crippen LogP contribution in [0.1, 0.15) is 41.5 Å². The number of hydrogen-bond acceptors (Lipinski definition) is 2. The van der Waals surface area contributed by atoms with E-state index in [1.54, 1.807) is 0 Å². The first kappa shape index (κ1) is 14.1. The van der Waals surface area contributed by atoms with Crippen molar-refractivity contribution in [2.45, 2.75) is 41.5 Å². The molecule has 0 aliphatic carbocycles. The van der Waals surface area contributed by atoms with Crippen LogP contribution in [0.25, 0.3) is 0 Å². The van der Waals surface area contributed by atoms with Crippen LogP contribution in [0.5, 0.6) is 0 Å². The average Bonchev–Trinajstić information content (AvgIpc) is 2.31. The van der Waals surface area contributed by atoms with Crippen molar-refractivity contribution < 1.29 is 9.59 Å². The number of likely N-dealkylation sites (tertiary alicyclic amines) is 1. The van der Waals surface area contributed by atoms with E-state index in [9.17, 15) is 9.59 Å². The minimum atomic E-state index is -0.0822. The standard InChI is InChI=1S/C11H19NO2.CH4/c1-7(2)6-12-10(13)5-9(8(3)4)11(12)14;/h7-9H,5-6H2,1-4H3;1H4. The first-order valence-electron chi connectivity index (χ1n) is 5.27. The predicted octanol–water partition coefficient (Wildman–Crippen LogP) is 2.31. The summed E-state index contributed by atoms with van der Waals surface area (Å²) < 4.78 is 0. The van der Waals surface area contributed by atoms with E-state index in [0.717, 1.165) is 0 Å². The smallest absolute Gasteiger partial charge is 0.233 e. The number of carbonyl (C=O) groups is 2. The van der Waals surface area contributed by atoms with Gasteiger partial charge in [0.1, 0.15) is 0 Å². The molecule has 88 valence electrons. The average molecular weight is 213 g/mol. The minimum Gasteiger partial charge on any atom is -0.282 e. The fourth-order valence-electron chi connectivity index (χ4n) is 1.79. The Morgan fingerprint density at radius 2 is 1.80 bits per heavy atom. The number of carbonyl (C=O) groups excluding carboxylic acids is 2. The van der Waals surface area contributed by atoms with Crippen molar-refractivity contribution in [3.63, 3.8) is 0 Å². The summed E-state index contributed by atoms with van der Waals surface area (Å²) in [6.07, 6.45) is 0.406. The van der Waals surface area contributed by atoms with Gasteiger partial charge in [-0.05, 0) is 11.8 Å². The summed E-state index contributed by atoms with van der Waals surface area (Å²) in [6.45, 7) is 8.59. The molecule has 1 atom stereocenters. The second-order valence-electron chi connectivity index (χ2n) is 4.79. The molecular formula is C12H23NO2. The maximum Gasteiger partial charge on any atom is 0.233 e. The van der Waals surface area contributed by atoms with Gasteiger partial charge < -0.3 is 0 Å². The van der Waals surface area contributed by atoms with Crippen molar-refractivity contribution in [1.82, 2.24) is 4.90 Å². The number of imide groups is 1. The maximum atomic E-state index is 11.8. The molecule has 1 saturated heterocycles. The highest BCUT2D eigenvalue weighted by atomic mass is 16.2. The van der Waals surface area contributed by atoms with Gasteiger partial charge in [0.15, 0.2) is 0 Å². The Labute approximate surface area is 92.8 Å². The molecule has 1 aliphatic heterocycles. The van der Waals surface area contributed by atoms with Crippen molar-refractivity contribution >= 4 is 11.8 Å². The number of rotatable bonds is 3. The lowest BCUT2D eigenvalue weighted by Crippen LogP contribution is -2.34. The topological polar surface area (TPSA) is 37.4 Å². The highest BCUT2D eigenvalue weighted by Crippen LogP contribution is 2.26. The van der Waals surface area contributed by atoms with Gasteiger partial charge in [0, 0.05) is 18.9 Å². The van der Waals surface area contributed by atoms with E-state index in [1.807, 2.05) is 27.7 Å². The number of amides is 2. The molecule has 0 spiro atoms. The van der Waals surface area contributed by atoms with Crippen molar-refractivity contribution in [3.05, 3.63) is 0 Å². The largest absolute Gasteiger partial charge is 0.282 e. The first-order valence-corrected chi connectivity index (χ1v) is 5.27. The lowest BCUT2D eigenvalue weighted by molar-refractivity contribution is -0.140. The van der Waals surface area contributed by atoms with Gasteiger partial charge in [0.05, 0.1) is 0 Å². The number of hydrogen-bond donors (Lipinski definition) is 0. The normalized spacial score (nSPS) is 21.5. The van der Waals surface area contributed by atoms with E-state index in [-0.39, 0.29) is 31.1 Å². The summed E-state index contributed by atoms with van der Waals surface area (Å²) in [5, 5.41) is 0. The van der Waals surface area contributed by atoms with Gasteiger partial charge in [-0.2, -0.15) is 0 Å². The SMILES string of the molecule is C.CC(C)CN1C(=O)CC(C(C)C)C1=O. The van der Waals surface area contributed by atoms with Gasteiger partial charge in [-0.15, -0.1) is 0 Å². The van der Waals surface area contributed by atoms with Crippen LogP contribution in [0, 0.1) is 17.8 Å². The molecule has 1 heterocycles. The summed E-state index contributed by atoms with van der Waals surface area (Å²) in [6, 6.07) is 0. The summed E-state index contributed by atoms with van der Waals surface area (Å²) >= 11 is 0. The third-order valence-corrected chi connectivity index (χ3v) is 2.63. The van der Waals surface area contributed by atoms with Crippen LogP contribution in [-0.4, -0.2) is 23.3 Å². The van der Waals surface area contributed by atoms with Crippen molar-refractivity contribution in [2.24, 2.45) is 17.8 Å². The Morgan fingerprint density at radius 1 is 1.27 bits per heavy atom. The Bertz CT molecular complexity index is 246. The van der Waals surface area contributed by atoms with Gasteiger partial charge in [-0.25, -0.2) is 0 Å². The molecule has 1 fully saturated rings. The molecule has 0 aromatic rings. The van der Waals surface area contributed by atoms with E-state index >= 15 is 0 Å². The van der Waals surface area contributed by atoms with Gasteiger partial charge in [-0.1, -0.05) is 35.1 Å². The van der Waals surface area contributed by atoms with Gasteiger partial charge in [0.25, 0.3) is 0 Å². The molecule has 0 saturated carbocycles. The van der Waals surface area contributed by atoms with Gasteiger partial charge in [0.2, 0.25) is 11.8 Å². The first-order chi connectivity index (χ1) is 6.43. The Morgan fingerprint density at radius 3 is 2.13 bits per heavy atom. The van der Waals surface area contributed by atoms with Crippen LogP contribution < -0.4 is 0 Å². The Hall–Kier alpha value is -0.860. The van der Waals surface area contributed by atoms with Crippen molar-refractivity contribution in [2.75, 3.05) is 6.54 Å². The predicted molar refractivity (Wildman–Crippen MR) is 61.2 cm³/mol. The van der Waals surface area contributed by atoms with Gasteiger partial charge in [-0.3, -0.25) is 14.5 Å². The Kier molecular flexibility index (Phi) is 4.98. The fraction of sp³-hybridized carbons (Fsp3) is 0.833. The van der Waals surface area contributed by atoms with E-state index in [2.05, 4.69) is 0 Å². The second-order valence-corrected chi connectivity index (χ2v) is 4.79. The van der Waals surface area contributed by atoms with E-state index in [1.165, 1.54) is 4.90 Å². The molecule has 1 rings (SSSR count). The molecule has 1 unspecified atom stereocenters.